The highest BCUT2D eigenvalue weighted by Crippen LogP contribution is 2.48. The second-order valence-corrected chi connectivity index (χ2v) is 12.0. The van der Waals surface area contributed by atoms with Crippen LogP contribution in [0.2, 0.25) is 0 Å². The van der Waals surface area contributed by atoms with Crippen LogP contribution in [0.15, 0.2) is 48.8 Å². The standard InChI is InChI=1S/C28H36N7O9P/c1-3-41-35(42-4-2)28(15-22(36)37,19-8-6-5-7-9-19)26(38)44-45(39,40)43-16-18-10-13-21(14-18)34-17-30-23-24(31-20-11-12-20)32-27(29)33-25(23)34/h5-10,13,17-18,20-21H,3-4,11-12,14-16H2,1-2H3,(H,36,37)(H,39,40)(H3,29,31,32,33)/t18-,21+,28-/m1/s1. The van der Waals surface area contributed by atoms with Crippen molar-refractivity contribution in [2.24, 2.45) is 5.92 Å². The number of aromatic nitrogens is 4. The Balaban J connectivity index is 1.29. The third kappa shape index (κ3) is 7.32. The van der Waals surface area contributed by atoms with Crippen molar-refractivity contribution in [1.82, 2.24) is 24.7 Å². The zero-order chi connectivity index (χ0) is 32.2. The monoisotopic (exact) mass is 645 g/mol. The average molecular weight is 646 g/mol. The van der Waals surface area contributed by atoms with Crippen LogP contribution in [-0.4, -0.2) is 72.5 Å². The lowest BCUT2D eigenvalue weighted by Crippen LogP contribution is -2.53. The van der Waals surface area contributed by atoms with Gasteiger partial charge in [-0.3, -0.25) is 23.9 Å². The SMILES string of the molecule is CCON(OCC)[C@@](CC(=O)O)(C(=O)OP(=O)(O)OC[C@@H]1C=C[C@H](n2cnc3c(NC4CC4)nc(N)nc32)C1)c1ccccc1. The van der Waals surface area contributed by atoms with Crippen LogP contribution in [-0.2, 0) is 38.4 Å². The fourth-order valence-electron chi connectivity index (χ4n) is 5.14. The van der Waals surface area contributed by atoms with E-state index >= 15 is 0 Å². The van der Waals surface area contributed by atoms with E-state index in [9.17, 15) is 24.2 Å². The Kier molecular flexibility index (Phi) is 9.82. The highest BCUT2D eigenvalue weighted by molar-refractivity contribution is 7.48. The summed E-state index contributed by atoms with van der Waals surface area (Å²) in [5.41, 5.74) is 4.93. The first-order valence-electron chi connectivity index (χ1n) is 14.6. The van der Waals surface area contributed by atoms with E-state index < -0.39 is 31.7 Å². The van der Waals surface area contributed by atoms with Crippen molar-refractivity contribution in [3.8, 4) is 0 Å². The van der Waals surface area contributed by atoms with Crippen LogP contribution in [0, 0.1) is 5.92 Å². The molecule has 4 atom stereocenters. The number of anilines is 2. The number of carboxylic acid groups (broad SMARTS) is 1. The number of allylic oxidation sites excluding steroid dienone is 1. The molecule has 0 saturated heterocycles. The summed E-state index contributed by atoms with van der Waals surface area (Å²) in [5.74, 6) is -2.47. The molecule has 0 aliphatic heterocycles. The molecule has 1 aromatic carbocycles. The number of carbonyl (C=O) groups is 2. The fourth-order valence-corrected chi connectivity index (χ4v) is 5.93. The maximum atomic E-state index is 13.7. The lowest BCUT2D eigenvalue weighted by Gasteiger charge is -2.38. The quantitative estimate of drug-likeness (QED) is 0.0999. The number of hydrogen-bond acceptors (Lipinski definition) is 13. The first-order chi connectivity index (χ1) is 21.6. The molecular weight excluding hydrogens is 609 g/mol. The number of benzene rings is 1. The minimum atomic E-state index is -5.06. The van der Waals surface area contributed by atoms with Crippen LogP contribution in [0.1, 0.15) is 51.1 Å². The fraction of sp³-hybridized carbons (Fsp3) is 0.464. The van der Waals surface area contributed by atoms with E-state index in [1.807, 2.05) is 16.7 Å². The lowest BCUT2D eigenvalue weighted by atomic mass is 9.87. The largest absolute Gasteiger partial charge is 0.529 e. The topological polar surface area (TPSA) is 213 Å². The van der Waals surface area contributed by atoms with Crippen LogP contribution in [0.25, 0.3) is 11.2 Å². The molecule has 16 nitrogen and oxygen atoms in total. The van der Waals surface area contributed by atoms with E-state index in [1.165, 1.54) is 12.1 Å². The van der Waals surface area contributed by atoms with Gasteiger partial charge < -0.3 is 25.2 Å². The number of hydroxylamine groups is 2. The highest BCUT2D eigenvalue weighted by atomic mass is 31.2. The van der Waals surface area contributed by atoms with Gasteiger partial charge in [-0.1, -0.05) is 42.5 Å². The molecule has 0 bridgehead atoms. The first-order valence-corrected chi connectivity index (χ1v) is 16.1. The Morgan fingerprint density at radius 3 is 2.51 bits per heavy atom. The minimum Gasteiger partial charge on any atom is -0.481 e. The van der Waals surface area contributed by atoms with Crippen molar-refractivity contribution in [3.05, 3.63) is 54.4 Å². The molecule has 1 saturated carbocycles. The van der Waals surface area contributed by atoms with Crippen LogP contribution in [0.3, 0.4) is 0 Å². The summed E-state index contributed by atoms with van der Waals surface area (Å²) in [6, 6.07) is 7.86. The predicted octanol–water partition coefficient (Wildman–Crippen LogP) is 3.34. The Morgan fingerprint density at radius 2 is 1.87 bits per heavy atom. The van der Waals surface area contributed by atoms with Crippen molar-refractivity contribution in [1.29, 1.82) is 0 Å². The maximum absolute atomic E-state index is 13.7. The number of rotatable bonds is 16. The van der Waals surface area contributed by atoms with Crippen molar-refractivity contribution < 1.29 is 42.9 Å². The smallest absolute Gasteiger partial charge is 0.481 e. The van der Waals surface area contributed by atoms with Crippen LogP contribution >= 0.6 is 7.82 Å². The van der Waals surface area contributed by atoms with Crippen LogP contribution in [0.5, 0.6) is 0 Å². The number of carbonyl (C=O) groups excluding carboxylic acids is 1. The minimum absolute atomic E-state index is 0.00683. The molecule has 17 heteroatoms. The summed E-state index contributed by atoms with van der Waals surface area (Å²) < 4.78 is 25.2. The van der Waals surface area contributed by atoms with Gasteiger partial charge in [-0.05, 0) is 43.9 Å². The van der Waals surface area contributed by atoms with Gasteiger partial charge in [0.25, 0.3) is 0 Å². The molecule has 5 rings (SSSR count). The zero-order valence-electron chi connectivity index (χ0n) is 24.8. The Bertz CT molecular complexity index is 1590. The Hall–Kier alpha value is -3.92. The third-order valence-electron chi connectivity index (χ3n) is 7.31. The van der Waals surface area contributed by atoms with Gasteiger partial charge in [0.05, 0.1) is 38.6 Å². The maximum Gasteiger partial charge on any atom is 0.529 e. The lowest BCUT2D eigenvalue weighted by molar-refractivity contribution is -0.408. The van der Waals surface area contributed by atoms with Gasteiger partial charge in [0, 0.05) is 12.0 Å². The van der Waals surface area contributed by atoms with E-state index in [4.69, 9.17) is 24.5 Å². The van der Waals surface area contributed by atoms with Gasteiger partial charge >= 0.3 is 19.8 Å². The number of nitrogens with one attached hydrogen (secondary N) is 1. The van der Waals surface area contributed by atoms with Crippen molar-refractivity contribution in [2.45, 2.75) is 57.2 Å². The number of fused-ring (bicyclic) bond motifs is 1. The van der Waals surface area contributed by atoms with Crippen LogP contribution in [0.4, 0.5) is 11.8 Å². The van der Waals surface area contributed by atoms with Crippen molar-refractivity contribution in [3.63, 3.8) is 0 Å². The summed E-state index contributed by atoms with van der Waals surface area (Å²) in [4.78, 5) is 60.5. The highest BCUT2D eigenvalue weighted by Gasteiger charge is 2.54. The molecule has 1 unspecified atom stereocenters. The summed E-state index contributed by atoms with van der Waals surface area (Å²) in [7, 11) is -5.06. The molecule has 3 aromatic rings. The molecule has 45 heavy (non-hydrogen) atoms. The summed E-state index contributed by atoms with van der Waals surface area (Å²) in [5, 5.41) is 13.8. The number of phosphoric ester groups is 1. The number of imidazole rings is 1. The number of hydrogen-bond donors (Lipinski definition) is 4. The van der Waals surface area contributed by atoms with E-state index in [0.717, 1.165) is 12.8 Å². The van der Waals surface area contributed by atoms with E-state index in [-0.39, 0.29) is 43.3 Å². The number of aliphatic carboxylic acids is 1. The average Bonchev–Trinajstić information content (AvgIpc) is 3.51. The second kappa shape index (κ2) is 13.6. The zero-order valence-corrected chi connectivity index (χ0v) is 25.7. The van der Waals surface area contributed by atoms with Gasteiger partial charge in [0.1, 0.15) is 0 Å². The van der Waals surface area contributed by atoms with Crippen molar-refractivity contribution >= 4 is 42.7 Å². The van der Waals surface area contributed by atoms with E-state index in [0.29, 0.717) is 34.7 Å². The number of phosphoric acid groups is 1. The molecular formula is C28H36N7O9P. The Labute approximate surface area is 258 Å². The van der Waals surface area contributed by atoms with Crippen molar-refractivity contribution in [2.75, 3.05) is 30.9 Å². The molecule has 0 radical (unpaired) electrons. The first kappa shape index (κ1) is 32.5. The summed E-state index contributed by atoms with van der Waals surface area (Å²) >= 11 is 0. The normalized spacial score (nSPS) is 20.6. The van der Waals surface area contributed by atoms with Gasteiger partial charge in [0.2, 0.25) is 11.5 Å². The molecule has 242 valence electrons. The van der Waals surface area contributed by atoms with Gasteiger partial charge in [-0.15, -0.1) is 0 Å². The molecule has 1 fully saturated rings. The molecule has 0 spiro atoms. The Morgan fingerprint density at radius 1 is 1.16 bits per heavy atom. The number of nitrogens with zero attached hydrogens (tertiary/aromatic N) is 5. The summed E-state index contributed by atoms with van der Waals surface area (Å²) in [6.45, 7) is 2.92. The molecule has 2 aliphatic rings. The number of nitrogens with two attached hydrogens (primary N) is 1. The molecule has 5 N–H and O–H groups in total. The van der Waals surface area contributed by atoms with Gasteiger partial charge in [0.15, 0.2) is 17.0 Å². The predicted molar refractivity (Wildman–Crippen MR) is 160 cm³/mol. The van der Waals surface area contributed by atoms with Gasteiger partial charge in [-0.2, -0.15) is 9.97 Å². The third-order valence-corrected chi connectivity index (χ3v) is 8.19. The van der Waals surface area contributed by atoms with E-state index in [2.05, 4.69) is 20.3 Å². The van der Waals surface area contributed by atoms with Crippen LogP contribution < -0.4 is 11.1 Å². The molecule has 0 amide bonds. The second-order valence-electron chi connectivity index (χ2n) is 10.7. The molecule has 2 aromatic heterocycles. The molecule has 2 heterocycles. The number of nitrogen functional groups attached to an aromatic ring is 1. The van der Waals surface area contributed by atoms with Gasteiger partial charge in [-0.25, -0.2) is 14.3 Å². The number of carboxylic acids is 1. The van der Waals surface area contributed by atoms with E-state index in [1.54, 1.807) is 38.4 Å². The summed E-state index contributed by atoms with van der Waals surface area (Å²) in [6.07, 6.45) is 7.00. The molecule has 2 aliphatic carbocycles.